The first-order valence-electron chi connectivity index (χ1n) is 7.03. The second-order valence-corrected chi connectivity index (χ2v) is 5.98. The fourth-order valence-corrected chi connectivity index (χ4v) is 2.16. The minimum absolute atomic E-state index is 0.259. The zero-order chi connectivity index (χ0) is 14.3. The van der Waals surface area contributed by atoms with E-state index in [0.717, 1.165) is 25.9 Å². The van der Waals surface area contributed by atoms with E-state index in [1.54, 1.807) is 0 Å². The van der Waals surface area contributed by atoms with Gasteiger partial charge in [-0.15, -0.1) is 0 Å². The standard InChI is InChI=1S/C14H25N3O2/c1-14(2,3)19-13(18)16-11-12(10-15)17-8-6-4-5-7-9-17/h12H,4-9,11H2,1-3H3,(H,16,18). The van der Waals surface area contributed by atoms with Gasteiger partial charge in [0.1, 0.15) is 11.6 Å². The molecule has 1 aliphatic rings. The topological polar surface area (TPSA) is 65.4 Å². The number of nitrogens with one attached hydrogen (secondary N) is 1. The molecule has 0 spiro atoms. The minimum Gasteiger partial charge on any atom is -0.444 e. The smallest absolute Gasteiger partial charge is 0.407 e. The Morgan fingerprint density at radius 2 is 1.89 bits per heavy atom. The van der Waals surface area contributed by atoms with Crippen LogP contribution in [0.3, 0.4) is 0 Å². The Bertz CT molecular complexity index is 323. The third-order valence-electron chi connectivity index (χ3n) is 3.07. The molecule has 1 fully saturated rings. The molecule has 0 aromatic heterocycles. The number of carbonyl (C=O) groups excluding carboxylic acids is 1. The van der Waals surface area contributed by atoms with Crippen molar-refractivity contribution in [1.29, 1.82) is 5.26 Å². The summed E-state index contributed by atoms with van der Waals surface area (Å²) in [7, 11) is 0. The van der Waals surface area contributed by atoms with Crippen LogP contribution in [0.25, 0.3) is 0 Å². The van der Waals surface area contributed by atoms with Crippen LogP contribution in [-0.4, -0.2) is 42.3 Å². The Labute approximate surface area is 115 Å². The number of hydrogen-bond donors (Lipinski definition) is 1. The maximum Gasteiger partial charge on any atom is 0.407 e. The Balaban J connectivity index is 2.40. The van der Waals surface area contributed by atoms with Gasteiger partial charge in [0.15, 0.2) is 0 Å². The van der Waals surface area contributed by atoms with Gasteiger partial charge in [-0.2, -0.15) is 5.26 Å². The number of amides is 1. The Hall–Kier alpha value is -1.28. The molecule has 1 amide bonds. The van der Waals surface area contributed by atoms with Gasteiger partial charge in [-0.05, 0) is 46.7 Å². The maximum atomic E-state index is 11.6. The summed E-state index contributed by atoms with van der Waals surface area (Å²) < 4.78 is 5.17. The van der Waals surface area contributed by atoms with E-state index in [0.29, 0.717) is 6.54 Å². The summed E-state index contributed by atoms with van der Waals surface area (Å²) in [4.78, 5) is 13.7. The van der Waals surface area contributed by atoms with Crippen LogP contribution in [0.1, 0.15) is 46.5 Å². The number of carbonyl (C=O) groups is 1. The number of nitrogens with zero attached hydrogens (tertiary/aromatic N) is 2. The van der Waals surface area contributed by atoms with Crippen molar-refractivity contribution in [3.63, 3.8) is 0 Å². The average molecular weight is 267 g/mol. The summed E-state index contributed by atoms with van der Waals surface area (Å²) >= 11 is 0. The van der Waals surface area contributed by atoms with Crippen LogP contribution >= 0.6 is 0 Å². The zero-order valence-electron chi connectivity index (χ0n) is 12.2. The Morgan fingerprint density at radius 3 is 2.37 bits per heavy atom. The summed E-state index contributed by atoms with van der Waals surface area (Å²) in [5.41, 5.74) is -0.505. The highest BCUT2D eigenvalue weighted by molar-refractivity contribution is 5.67. The lowest BCUT2D eigenvalue weighted by Gasteiger charge is -2.26. The highest BCUT2D eigenvalue weighted by atomic mass is 16.6. The van der Waals surface area contributed by atoms with Crippen molar-refractivity contribution >= 4 is 6.09 Å². The molecule has 5 nitrogen and oxygen atoms in total. The van der Waals surface area contributed by atoms with E-state index >= 15 is 0 Å². The summed E-state index contributed by atoms with van der Waals surface area (Å²) in [5, 5.41) is 11.9. The van der Waals surface area contributed by atoms with Gasteiger partial charge >= 0.3 is 6.09 Å². The summed E-state index contributed by atoms with van der Waals surface area (Å²) in [6.45, 7) is 7.67. The van der Waals surface area contributed by atoms with Gasteiger partial charge in [0.05, 0.1) is 6.07 Å². The second-order valence-electron chi connectivity index (χ2n) is 5.98. The number of rotatable bonds is 3. The Kier molecular flexibility index (Phi) is 6.10. The summed E-state index contributed by atoms with van der Waals surface area (Å²) in [6, 6.07) is 2.01. The maximum absolute atomic E-state index is 11.6. The first-order chi connectivity index (χ1) is 8.92. The largest absolute Gasteiger partial charge is 0.444 e. The first kappa shape index (κ1) is 15.8. The molecule has 1 unspecified atom stereocenters. The van der Waals surface area contributed by atoms with E-state index in [4.69, 9.17) is 4.74 Å². The fourth-order valence-electron chi connectivity index (χ4n) is 2.16. The highest BCUT2D eigenvalue weighted by Gasteiger charge is 2.21. The van der Waals surface area contributed by atoms with Gasteiger partial charge in [0.2, 0.25) is 0 Å². The van der Waals surface area contributed by atoms with E-state index in [-0.39, 0.29) is 6.04 Å². The predicted octanol–water partition coefficient (Wildman–Crippen LogP) is 2.28. The van der Waals surface area contributed by atoms with Gasteiger partial charge in [-0.1, -0.05) is 12.8 Å². The molecule has 0 saturated carbocycles. The van der Waals surface area contributed by atoms with Crippen molar-refractivity contribution in [1.82, 2.24) is 10.2 Å². The Morgan fingerprint density at radius 1 is 1.32 bits per heavy atom. The van der Waals surface area contributed by atoms with Gasteiger partial charge in [-0.3, -0.25) is 4.90 Å². The summed E-state index contributed by atoms with van der Waals surface area (Å²) in [5.74, 6) is 0. The van der Waals surface area contributed by atoms with Gasteiger partial charge in [0.25, 0.3) is 0 Å². The fraction of sp³-hybridized carbons (Fsp3) is 0.857. The molecule has 0 aromatic carbocycles. The average Bonchev–Trinajstić information content (AvgIpc) is 2.56. The number of likely N-dealkylation sites (tertiary alicyclic amines) is 1. The lowest BCUT2D eigenvalue weighted by atomic mass is 10.2. The third kappa shape index (κ3) is 6.44. The molecule has 1 rings (SSSR count). The number of ether oxygens (including phenoxy) is 1. The van der Waals surface area contributed by atoms with Crippen molar-refractivity contribution in [3.05, 3.63) is 0 Å². The van der Waals surface area contributed by atoms with Crippen LogP contribution in [0.15, 0.2) is 0 Å². The van der Waals surface area contributed by atoms with Crippen molar-refractivity contribution in [2.45, 2.75) is 58.1 Å². The summed E-state index contributed by atoms with van der Waals surface area (Å²) in [6.07, 6.45) is 4.26. The van der Waals surface area contributed by atoms with Crippen LogP contribution in [0.4, 0.5) is 4.79 Å². The molecule has 1 atom stereocenters. The van der Waals surface area contributed by atoms with Crippen LogP contribution < -0.4 is 5.32 Å². The molecule has 0 aromatic rings. The molecule has 0 aliphatic carbocycles. The van der Waals surface area contributed by atoms with Gasteiger partial charge < -0.3 is 10.1 Å². The molecule has 19 heavy (non-hydrogen) atoms. The van der Waals surface area contributed by atoms with Crippen molar-refractivity contribution in [2.75, 3.05) is 19.6 Å². The van der Waals surface area contributed by atoms with Gasteiger partial charge in [-0.25, -0.2) is 4.79 Å². The molecular formula is C14H25N3O2. The van der Waals surface area contributed by atoms with Crippen LogP contribution in [0.2, 0.25) is 0 Å². The molecule has 1 aliphatic heterocycles. The van der Waals surface area contributed by atoms with Crippen LogP contribution in [-0.2, 0) is 4.74 Å². The minimum atomic E-state index is -0.505. The lowest BCUT2D eigenvalue weighted by molar-refractivity contribution is 0.0515. The second kappa shape index (κ2) is 7.34. The molecule has 108 valence electrons. The van der Waals surface area contributed by atoms with Gasteiger partial charge in [0, 0.05) is 6.54 Å². The number of nitriles is 1. The van der Waals surface area contributed by atoms with E-state index in [1.165, 1.54) is 12.8 Å². The molecule has 0 bridgehead atoms. The molecule has 1 N–H and O–H groups in total. The zero-order valence-corrected chi connectivity index (χ0v) is 12.2. The normalized spacial score (nSPS) is 19.1. The SMILES string of the molecule is CC(C)(C)OC(=O)NCC(C#N)N1CCCCCC1. The molecule has 1 heterocycles. The number of alkyl carbamates (subject to hydrolysis) is 1. The van der Waals surface area contributed by atoms with Crippen molar-refractivity contribution in [3.8, 4) is 6.07 Å². The molecule has 5 heteroatoms. The van der Waals surface area contributed by atoms with E-state index < -0.39 is 11.7 Å². The van der Waals surface area contributed by atoms with E-state index in [9.17, 15) is 10.1 Å². The van der Waals surface area contributed by atoms with Crippen LogP contribution in [0, 0.1) is 11.3 Å². The predicted molar refractivity (Wildman–Crippen MR) is 73.7 cm³/mol. The molecule has 0 radical (unpaired) electrons. The lowest BCUT2D eigenvalue weighted by Crippen LogP contribution is -2.44. The molecular weight excluding hydrogens is 242 g/mol. The van der Waals surface area contributed by atoms with E-state index in [1.807, 2.05) is 20.8 Å². The van der Waals surface area contributed by atoms with Crippen LogP contribution in [0.5, 0.6) is 0 Å². The van der Waals surface area contributed by atoms with Crippen molar-refractivity contribution < 1.29 is 9.53 Å². The van der Waals surface area contributed by atoms with E-state index in [2.05, 4.69) is 16.3 Å². The first-order valence-corrected chi connectivity index (χ1v) is 7.03. The number of hydrogen-bond acceptors (Lipinski definition) is 4. The monoisotopic (exact) mass is 267 g/mol. The highest BCUT2D eigenvalue weighted by Crippen LogP contribution is 2.12. The third-order valence-corrected chi connectivity index (χ3v) is 3.07. The molecule has 1 saturated heterocycles. The van der Waals surface area contributed by atoms with Crippen molar-refractivity contribution in [2.24, 2.45) is 0 Å². The quantitative estimate of drug-likeness (QED) is 0.852.